The van der Waals surface area contributed by atoms with Crippen LogP contribution >= 0.6 is 0 Å². The molecule has 1 heterocycles. The van der Waals surface area contributed by atoms with Gasteiger partial charge < -0.3 is 10.1 Å². The molecule has 0 radical (unpaired) electrons. The van der Waals surface area contributed by atoms with Gasteiger partial charge in [0.15, 0.2) is 0 Å². The highest BCUT2D eigenvalue weighted by Gasteiger charge is 2.16. The van der Waals surface area contributed by atoms with Gasteiger partial charge in [-0.15, -0.1) is 0 Å². The highest BCUT2D eigenvalue weighted by atomic mass is 16.5. The Bertz CT molecular complexity index is 298. The van der Waals surface area contributed by atoms with E-state index in [1.807, 2.05) is 6.92 Å². The maximum Gasteiger partial charge on any atom is 0.0622 e. The first-order valence-electron chi connectivity index (χ1n) is 5.28. The van der Waals surface area contributed by atoms with Crippen molar-refractivity contribution in [2.45, 2.75) is 25.9 Å². The van der Waals surface area contributed by atoms with Crippen LogP contribution in [0.2, 0.25) is 0 Å². The van der Waals surface area contributed by atoms with Gasteiger partial charge in [-0.3, -0.25) is 0 Å². The molecule has 0 saturated carbocycles. The van der Waals surface area contributed by atoms with Gasteiger partial charge in [-0.2, -0.15) is 0 Å². The lowest BCUT2D eigenvalue weighted by molar-refractivity contribution is 0.120. The minimum atomic E-state index is 0.491. The van der Waals surface area contributed by atoms with Crippen LogP contribution in [0, 0.1) is 0 Å². The summed E-state index contributed by atoms with van der Waals surface area (Å²) in [6.45, 7) is 4.65. The Morgan fingerprint density at radius 3 is 2.93 bits per heavy atom. The molecule has 1 aromatic carbocycles. The van der Waals surface area contributed by atoms with Crippen LogP contribution in [-0.4, -0.2) is 19.3 Å². The molecule has 0 spiro atoms. The van der Waals surface area contributed by atoms with Gasteiger partial charge in [0.25, 0.3) is 0 Å². The topological polar surface area (TPSA) is 21.3 Å². The zero-order valence-corrected chi connectivity index (χ0v) is 8.62. The van der Waals surface area contributed by atoms with E-state index in [0.29, 0.717) is 6.04 Å². The average molecular weight is 191 g/mol. The molecule has 0 aromatic heterocycles. The molecule has 1 N–H and O–H groups in total. The molecule has 1 atom stereocenters. The van der Waals surface area contributed by atoms with Crippen LogP contribution < -0.4 is 5.32 Å². The molecule has 14 heavy (non-hydrogen) atoms. The summed E-state index contributed by atoms with van der Waals surface area (Å²) >= 11 is 0. The van der Waals surface area contributed by atoms with E-state index in [2.05, 4.69) is 29.6 Å². The molecular weight excluding hydrogens is 174 g/mol. The van der Waals surface area contributed by atoms with E-state index in [9.17, 15) is 0 Å². The fourth-order valence-corrected chi connectivity index (χ4v) is 1.90. The van der Waals surface area contributed by atoms with E-state index in [1.165, 1.54) is 11.1 Å². The van der Waals surface area contributed by atoms with Crippen LogP contribution in [0.5, 0.6) is 0 Å². The van der Waals surface area contributed by atoms with Gasteiger partial charge in [-0.1, -0.05) is 24.3 Å². The van der Waals surface area contributed by atoms with Gasteiger partial charge >= 0.3 is 0 Å². The van der Waals surface area contributed by atoms with Crippen molar-refractivity contribution in [3.63, 3.8) is 0 Å². The van der Waals surface area contributed by atoms with E-state index in [4.69, 9.17) is 4.74 Å². The van der Waals surface area contributed by atoms with Gasteiger partial charge in [0.05, 0.1) is 6.61 Å². The van der Waals surface area contributed by atoms with Crippen molar-refractivity contribution >= 4 is 0 Å². The molecule has 1 unspecified atom stereocenters. The zero-order chi connectivity index (χ0) is 9.80. The normalized spacial score (nSPS) is 20.5. The number of rotatable bonds is 3. The summed E-state index contributed by atoms with van der Waals surface area (Å²) in [6, 6.07) is 9.12. The number of nitrogens with one attached hydrogen (secondary N) is 1. The third-order valence-corrected chi connectivity index (χ3v) is 2.69. The number of fused-ring (bicyclic) bond motifs is 1. The highest BCUT2D eigenvalue weighted by Crippen LogP contribution is 2.16. The van der Waals surface area contributed by atoms with Crippen molar-refractivity contribution < 1.29 is 4.74 Å². The zero-order valence-electron chi connectivity index (χ0n) is 8.62. The van der Waals surface area contributed by atoms with Gasteiger partial charge in [-0.05, 0) is 24.5 Å². The molecule has 1 aliphatic heterocycles. The van der Waals surface area contributed by atoms with Crippen LogP contribution in [0.25, 0.3) is 0 Å². The minimum absolute atomic E-state index is 0.491. The second-order valence-corrected chi connectivity index (χ2v) is 3.71. The van der Waals surface area contributed by atoms with Crippen molar-refractivity contribution in [3.05, 3.63) is 35.4 Å². The molecule has 2 heteroatoms. The van der Waals surface area contributed by atoms with Crippen LogP contribution in [-0.2, 0) is 17.7 Å². The molecule has 76 valence electrons. The standard InChI is InChI=1S/C12H17NO/c1-2-14-9-12-7-10-5-3-4-6-11(10)8-13-12/h3-6,12-13H,2,7-9H2,1H3. The summed E-state index contributed by atoms with van der Waals surface area (Å²) in [5, 5.41) is 3.49. The van der Waals surface area contributed by atoms with Crippen molar-refractivity contribution in [2.24, 2.45) is 0 Å². The quantitative estimate of drug-likeness (QED) is 0.785. The SMILES string of the molecule is CCOCC1Cc2ccccc2CN1. The Kier molecular flexibility index (Phi) is 3.17. The van der Waals surface area contributed by atoms with Crippen molar-refractivity contribution in [1.29, 1.82) is 0 Å². The summed E-state index contributed by atoms with van der Waals surface area (Å²) in [6.07, 6.45) is 1.09. The Hall–Kier alpha value is -0.860. The summed E-state index contributed by atoms with van der Waals surface area (Å²) in [5.74, 6) is 0. The Labute approximate surface area is 85.3 Å². The lowest BCUT2D eigenvalue weighted by Gasteiger charge is -2.25. The first-order valence-corrected chi connectivity index (χ1v) is 5.28. The molecule has 2 rings (SSSR count). The second-order valence-electron chi connectivity index (χ2n) is 3.71. The fraction of sp³-hybridized carbons (Fsp3) is 0.500. The highest BCUT2D eigenvalue weighted by molar-refractivity contribution is 5.29. The molecule has 1 aromatic rings. The molecule has 0 fully saturated rings. The van der Waals surface area contributed by atoms with Gasteiger partial charge in [0.2, 0.25) is 0 Å². The molecule has 2 nitrogen and oxygen atoms in total. The molecule has 0 bridgehead atoms. The van der Waals surface area contributed by atoms with Crippen molar-refractivity contribution in [2.75, 3.05) is 13.2 Å². The lowest BCUT2D eigenvalue weighted by atomic mass is 9.96. The lowest BCUT2D eigenvalue weighted by Crippen LogP contribution is -2.39. The van der Waals surface area contributed by atoms with Crippen LogP contribution in [0.1, 0.15) is 18.1 Å². The van der Waals surface area contributed by atoms with E-state index in [1.54, 1.807) is 0 Å². The smallest absolute Gasteiger partial charge is 0.0622 e. The Balaban J connectivity index is 1.99. The van der Waals surface area contributed by atoms with Gasteiger partial charge in [0, 0.05) is 19.2 Å². The number of hydrogen-bond acceptors (Lipinski definition) is 2. The number of ether oxygens (including phenoxy) is 1. The largest absolute Gasteiger partial charge is 0.380 e. The monoisotopic (exact) mass is 191 g/mol. The molecule has 0 saturated heterocycles. The summed E-state index contributed by atoms with van der Waals surface area (Å²) < 4.78 is 5.43. The van der Waals surface area contributed by atoms with Crippen LogP contribution in [0.3, 0.4) is 0 Å². The van der Waals surface area contributed by atoms with E-state index in [0.717, 1.165) is 26.2 Å². The predicted octanol–water partition coefficient (Wildman–Crippen LogP) is 1.74. The van der Waals surface area contributed by atoms with Crippen molar-refractivity contribution in [1.82, 2.24) is 5.32 Å². The maximum absolute atomic E-state index is 5.43. The Morgan fingerprint density at radius 2 is 2.14 bits per heavy atom. The third-order valence-electron chi connectivity index (χ3n) is 2.69. The maximum atomic E-state index is 5.43. The summed E-state index contributed by atoms with van der Waals surface area (Å²) in [5.41, 5.74) is 2.90. The van der Waals surface area contributed by atoms with Crippen LogP contribution in [0.15, 0.2) is 24.3 Å². The molecule has 1 aliphatic rings. The first-order chi connectivity index (χ1) is 6.90. The predicted molar refractivity (Wildman–Crippen MR) is 57.3 cm³/mol. The minimum Gasteiger partial charge on any atom is -0.380 e. The molecule has 0 aliphatic carbocycles. The third kappa shape index (κ3) is 2.14. The van der Waals surface area contributed by atoms with Gasteiger partial charge in [-0.25, -0.2) is 0 Å². The molecule has 0 amide bonds. The van der Waals surface area contributed by atoms with Crippen molar-refractivity contribution in [3.8, 4) is 0 Å². The Morgan fingerprint density at radius 1 is 1.36 bits per heavy atom. The number of hydrogen-bond donors (Lipinski definition) is 1. The summed E-state index contributed by atoms with van der Waals surface area (Å²) in [4.78, 5) is 0. The second kappa shape index (κ2) is 4.58. The average Bonchev–Trinajstić information content (AvgIpc) is 2.26. The first kappa shape index (κ1) is 9.69. The number of benzene rings is 1. The summed E-state index contributed by atoms with van der Waals surface area (Å²) in [7, 11) is 0. The molecular formula is C12H17NO. The van der Waals surface area contributed by atoms with E-state index >= 15 is 0 Å². The van der Waals surface area contributed by atoms with E-state index < -0.39 is 0 Å². The fourth-order valence-electron chi connectivity index (χ4n) is 1.90. The van der Waals surface area contributed by atoms with Crippen LogP contribution in [0.4, 0.5) is 0 Å². The van der Waals surface area contributed by atoms with E-state index in [-0.39, 0.29) is 0 Å². The van der Waals surface area contributed by atoms with Gasteiger partial charge in [0.1, 0.15) is 0 Å².